The molecular weight excluding hydrogens is 294 g/mol. The normalized spacial score (nSPS) is 21.4. The Balaban J connectivity index is 1.74. The molecule has 1 N–H and O–H groups in total. The van der Waals surface area contributed by atoms with Gasteiger partial charge in [-0.3, -0.25) is 4.90 Å². The molecule has 1 saturated heterocycles. The zero-order chi connectivity index (χ0) is 14.1. The molecule has 3 rings (SSSR count). The van der Waals surface area contributed by atoms with Crippen molar-refractivity contribution in [2.24, 2.45) is 0 Å². The summed E-state index contributed by atoms with van der Waals surface area (Å²) in [7, 11) is 4.34. The second-order valence-corrected chi connectivity index (χ2v) is 6.49. The second-order valence-electron chi connectivity index (χ2n) is 5.26. The van der Waals surface area contributed by atoms with Crippen LogP contribution in [0.25, 0.3) is 10.2 Å². The maximum Gasteiger partial charge on any atom is 0.225 e. The number of nitrogens with zero attached hydrogens (tertiary/aromatic N) is 4. The highest BCUT2D eigenvalue weighted by atomic mass is 35.5. The number of rotatable bonds is 3. The van der Waals surface area contributed by atoms with Gasteiger partial charge in [-0.15, -0.1) is 11.3 Å². The number of halogens is 1. The number of anilines is 1. The number of hydrogen-bond acceptors (Lipinski definition) is 6. The largest absolute Gasteiger partial charge is 0.368 e. The highest BCUT2D eigenvalue weighted by Gasteiger charge is 2.22. The predicted molar refractivity (Wildman–Crippen MR) is 84.8 cm³/mol. The maximum absolute atomic E-state index is 5.98. The standard InChI is InChI=1S/C13H18ClN5S/c1-18-4-5-19(2)9(8-18)7-15-11-10-3-6-20-12(10)17-13(14)16-11/h3,6,9H,4-5,7-8H2,1-2H3,(H,15,16,17). The number of likely N-dealkylation sites (N-methyl/N-ethyl adjacent to an activating group) is 2. The lowest BCUT2D eigenvalue weighted by Crippen LogP contribution is -2.52. The summed E-state index contributed by atoms with van der Waals surface area (Å²) < 4.78 is 0. The molecule has 20 heavy (non-hydrogen) atoms. The molecule has 0 radical (unpaired) electrons. The van der Waals surface area contributed by atoms with Crippen molar-refractivity contribution in [1.29, 1.82) is 0 Å². The summed E-state index contributed by atoms with van der Waals surface area (Å²) in [6.07, 6.45) is 0. The van der Waals surface area contributed by atoms with Crippen LogP contribution in [-0.2, 0) is 0 Å². The van der Waals surface area contributed by atoms with E-state index in [1.54, 1.807) is 11.3 Å². The van der Waals surface area contributed by atoms with Crippen LogP contribution in [0.15, 0.2) is 11.4 Å². The topological polar surface area (TPSA) is 44.3 Å². The van der Waals surface area contributed by atoms with E-state index in [9.17, 15) is 0 Å². The maximum atomic E-state index is 5.98. The first kappa shape index (κ1) is 14.0. The lowest BCUT2D eigenvalue weighted by molar-refractivity contribution is 0.122. The number of piperazine rings is 1. The van der Waals surface area contributed by atoms with Gasteiger partial charge in [-0.1, -0.05) is 0 Å². The highest BCUT2D eigenvalue weighted by Crippen LogP contribution is 2.26. The van der Waals surface area contributed by atoms with E-state index in [0.29, 0.717) is 11.3 Å². The molecule has 3 heterocycles. The van der Waals surface area contributed by atoms with Crippen LogP contribution in [0.4, 0.5) is 5.82 Å². The Morgan fingerprint density at radius 1 is 1.40 bits per heavy atom. The molecule has 0 saturated carbocycles. The molecule has 1 unspecified atom stereocenters. The van der Waals surface area contributed by atoms with Crippen molar-refractivity contribution in [3.63, 3.8) is 0 Å². The molecule has 0 bridgehead atoms. The van der Waals surface area contributed by atoms with Crippen LogP contribution >= 0.6 is 22.9 Å². The molecule has 1 atom stereocenters. The summed E-state index contributed by atoms with van der Waals surface area (Å²) in [6.45, 7) is 4.15. The molecule has 1 aliphatic rings. The summed E-state index contributed by atoms with van der Waals surface area (Å²) in [5.41, 5.74) is 0. The van der Waals surface area contributed by atoms with E-state index in [2.05, 4.69) is 39.2 Å². The van der Waals surface area contributed by atoms with Crippen molar-refractivity contribution in [2.45, 2.75) is 6.04 Å². The molecule has 1 aliphatic heterocycles. The van der Waals surface area contributed by atoms with Gasteiger partial charge in [0.05, 0.1) is 5.39 Å². The monoisotopic (exact) mass is 311 g/mol. The molecule has 108 valence electrons. The van der Waals surface area contributed by atoms with E-state index >= 15 is 0 Å². The van der Waals surface area contributed by atoms with Crippen LogP contribution in [0.2, 0.25) is 5.28 Å². The van der Waals surface area contributed by atoms with Gasteiger partial charge in [0.15, 0.2) is 0 Å². The first-order valence-electron chi connectivity index (χ1n) is 6.67. The predicted octanol–water partition coefficient (Wildman–Crippen LogP) is 2.00. The molecule has 0 aromatic carbocycles. The SMILES string of the molecule is CN1CCN(C)C(CNc2nc(Cl)nc3sccc23)C1. The summed E-state index contributed by atoms with van der Waals surface area (Å²) >= 11 is 7.56. The van der Waals surface area contributed by atoms with Gasteiger partial charge >= 0.3 is 0 Å². The Morgan fingerprint density at radius 3 is 3.10 bits per heavy atom. The number of fused-ring (bicyclic) bond motifs is 1. The quantitative estimate of drug-likeness (QED) is 0.878. The van der Waals surface area contributed by atoms with Crippen molar-refractivity contribution >= 4 is 39.0 Å². The van der Waals surface area contributed by atoms with Crippen molar-refractivity contribution in [3.05, 3.63) is 16.7 Å². The summed E-state index contributed by atoms with van der Waals surface area (Å²) in [6, 6.07) is 2.52. The van der Waals surface area contributed by atoms with Crippen molar-refractivity contribution in [3.8, 4) is 0 Å². The highest BCUT2D eigenvalue weighted by molar-refractivity contribution is 7.16. The smallest absolute Gasteiger partial charge is 0.225 e. The molecule has 0 aliphatic carbocycles. The molecule has 0 amide bonds. The van der Waals surface area contributed by atoms with E-state index in [1.165, 1.54) is 0 Å². The molecule has 2 aromatic rings. The van der Waals surface area contributed by atoms with Gasteiger partial charge in [-0.05, 0) is 37.1 Å². The second kappa shape index (κ2) is 5.81. The van der Waals surface area contributed by atoms with E-state index in [-0.39, 0.29) is 0 Å². The van der Waals surface area contributed by atoms with Gasteiger partial charge in [-0.25, -0.2) is 9.97 Å². The average Bonchev–Trinajstić information content (AvgIpc) is 2.87. The molecule has 5 nitrogen and oxygen atoms in total. The Labute approximate surface area is 127 Å². The van der Waals surface area contributed by atoms with E-state index < -0.39 is 0 Å². The Morgan fingerprint density at radius 2 is 2.25 bits per heavy atom. The summed E-state index contributed by atoms with van der Waals surface area (Å²) in [4.78, 5) is 14.2. The van der Waals surface area contributed by atoms with Crippen LogP contribution in [0, 0.1) is 0 Å². The van der Waals surface area contributed by atoms with E-state index in [1.807, 2.05) is 11.4 Å². The minimum Gasteiger partial charge on any atom is -0.368 e. The summed E-state index contributed by atoms with van der Waals surface area (Å²) in [5.74, 6) is 0.836. The Kier molecular flexibility index (Phi) is 4.07. The zero-order valence-electron chi connectivity index (χ0n) is 11.6. The fourth-order valence-corrected chi connectivity index (χ4v) is 3.48. The van der Waals surface area contributed by atoms with Crippen LogP contribution < -0.4 is 5.32 Å². The fourth-order valence-electron chi connectivity index (χ4n) is 2.50. The number of nitrogens with one attached hydrogen (secondary N) is 1. The minimum atomic E-state index is 0.302. The van der Waals surface area contributed by atoms with E-state index in [4.69, 9.17) is 11.6 Å². The van der Waals surface area contributed by atoms with E-state index in [0.717, 1.165) is 42.2 Å². The number of aromatic nitrogens is 2. The van der Waals surface area contributed by atoms with Crippen molar-refractivity contribution in [2.75, 3.05) is 45.6 Å². The molecule has 1 fully saturated rings. The average molecular weight is 312 g/mol. The number of hydrogen-bond donors (Lipinski definition) is 1. The summed E-state index contributed by atoms with van der Waals surface area (Å²) in [5, 5.41) is 6.80. The van der Waals surface area contributed by atoms with Crippen LogP contribution in [-0.4, -0.2) is 66.1 Å². The van der Waals surface area contributed by atoms with Gasteiger partial charge < -0.3 is 10.2 Å². The third-order valence-electron chi connectivity index (χ3n) is 3.78. The Hall–Kier alpha value is -0.950. The molecular formula is C13H18ClN5S. The lowest BCUT2D eigenvalue weighted by atomic mass is 10.2. The molecule has 7 heteroatoms. The third-order valence-corrected chi connectivity index (χ3v) is 4.76. The molecule has 2 aromatic heterocycles. The van der Waals surface area contributed by atoms with Gasteiger partial charge in [0.1, 0.15) is 10.6 Å². The van der Waals surface area contributed by atoms with Crippen molar-refractivity contribution < 1.29 is 0 Å². The van der Waals surface area contributed by atoms with Gasteiger partial charge in [-0.2, -0.15) is 0 Å². The van der Waals surface area contributed by atoms with Gasteiger partial charge in [0.2, 0.25) is 5.28 Å². The fraction of sp³-hybridized carbons (Fsp3) is 0.538. The van der Waals surface area contributed by atoms with Gasteiger partial charge in [0, 0.05) is 32.2 Å². The van der Waals surface area contributed by atoms with Crippen LogP contribution in [0.3, 0.4) is 0 Å². The third kappa shape index (κ3) is 2.88. The Bertz CT molecular complexity index is 601. The minimum absolute atomic E-state index is 0.302. The van der Waals surface area contributed by atoms with Crippen LogP contribution in [0.1, 0.15) is 0 Å². The van der Waals surface area contributed by atoms with Crippen molar-refractivity contribution in [1.82, 2.24) is 19.8 Å². The zero-order valence-corrected chi connectivity index (χ0v) is 13.2. The lowest BCUT2D eigenvalue weighted by Gasteiger charge is -2.37. The first-order valence-corrected chi connectivity index (χ1v) is 7.92. The van der Waals surface area contributed by atoms with Crippen LogP contribution in [0.5, 0.6) is 0 Å². The first-order chi connectivity index (χ1) is 9.63. The van der Waals surface area contributed by atoms with Gasteiger partial charge in [0.25, 0.3) is 0 Å². The number of thiophene rings is 1. The molecule has 0 spiro atoms.